The zero-order chi connectivity index (χ0) is 17.6. The molecule has 3 aromatic rings. The van der Waals surface area contributed by atoms with E-state index in [1.165, 1.54) is 5.56 Å². The van der Waals surface area contributed by atoms with E-state index >= 15 is 0 Å². The molecule has 0 aliphatic carbocycles. The number of rotatable bonds is 5. The van der Waals surface area contributed by atoms with Crippen LogP contribution >= 0.6 is 0 Å². The summed E-state index contributed by atoms with van der Waals surface area (Å²) in [6, 6.07) is 23.3. The lowest BCUT2D eigenvalue weighted by atomic mass is 10.0. The topological polar surface area (TPSA) is 35.5 Å². The van der Waals surface area contributed by atoms with Crippen LogP contribution in [-0.2, 0) is 4.79 Å². The molecule has 0 unspecified atom stereocenters. The Kier molecular flexibility index (Phi) is 5.14. The quantitative estimate of drug-likeness (QED) is 0.489. The smallest absolute Gasteiger partial charge is 0.349 e. The third kappa shape index (κ3) is 4.70. The molecule has 0 spiro atoms. The summed E-state index contributed by atoms with van der Waals surface area (Å²) in [6.07, 6.45) is 0. The first-order chi connectivity index (χ1) is 12.1. The maximum Gasteiger partial charge on any atom is 0.349 e. The van der Waals surface area contributed by atoms with Crippen LogP contribution in [0.25, 0.3) is 11.1 Å². The van der Waals surface area contributed by atoms with E-state index in [9.17, 15) is 4.79 Å². The largest absolute Gasteiger partial charge is 0.482 e. The standard InChI is InChI=1S/C22H20O3/c1-16-6-8-18(9-7-16)19-10-12-20(13-11-19)25-22(23)15-24-21-5-3-4-17(2)14-21/h3-14H,15H2,1-2H3. The summed E-state index contributed by atoms with van der Waals surface area (Å²) < 4.78 is 10.8. The number of aryl methyl sites for hydroxylation is 2. The minimum absolute atomic E-state index is 0.122. The van der Waals surface area contributed by atoms with Gasteiger partial charge in [-0.15, -0.1) is 0 Å². The van der Waals surface area contributed by atoms with Crippen LogP contribution in [0.15, 0.2) is 72.8 Å². The Morgan fingerprint density at radius 2 is 1.40 bits per heavy atom. The van der Waals surface area contributed by atoms with Crippen LogP contribution in [0.2, 0.25) is 0 Å². The highest BCUT2D eigenvalue weighted by molar-refractivity contribution is 5.74. The second-order valence-corrected chi connectivity index (χ2v) is 5.97. The summed E-state index contributed by atoms with van der Waals surface area (Å²) in [5.74, 6) is 0.741. The Bertz CT molecular complexity index is 849. The van der Waals surface area contributed by atoms with Gasteiger partial charge in [0.05, 0.1) is 0 Å². The van der Waals surface area contributed by atoms with Gasteiger partial charge in [0, 0.05) is 0 Å². The molecule has 0 saturated heterocycles. The second kappa shape index (κ2) is 7.67. The van der Waals surface area contributed by atoms with E-state index in [0.29, 0.717) is 11.5 Å². The van der Waals surface area contributed by atoms with Crippen LogP contribution in [0.3, 0.4) is 0 Å². The second-order valence-electron chi connectivity index (χ2n) is 5.97. The van der Waals surface area contributed by atoms with Crippen molar-refractivity contribution in [1.82, 2.24) is 0 Å². The van der Waals surface area contributed by atoms with Crippen molar-refractivity contribution in [2.45, 2.75) is 13.8 Å². The lowest BCUT2D eigenvalue weighted by Gasteiger charge is -2.08. The normalized spacial score (nSPS) is 10.3. The molecular weight excluding hydrogens is 312 g/mol. The number of ether oxygens (including phenoxy) is 2. The molecule has 3 nitrogen and oxygen atoms in total. The lowest BCUT2D eigenvalue weighted by molar-refractivity contribution is -0.136. The van der Waals surface area contributed by atoms with E-state index in [0.717, 1.165) is 16.7 Å². The number of benzene rings is 3. The molecule has 0 fully saturated rings. The molecule has 3 heteroatoms. The molecule has 0 atom stereocenters. The van der Waals surface area contributed by atoms with Gasteiger partial charge in [-0.1, -0.05) is 54.1 Å². The van der Waals surface area contributed by atoms with Crippen molar-refractivity contribution >= 4 is 5.97 Å². The Morgan fingerprint density at radius 1 is 0.760 bits per heavy atom. The van der Waals surface area contributed by atoms with Crippen LogP contribution in [-0.4, -0.2) is 12.6 Å². The number of esters is 1. The van der Waals surface area contributed by atoms with Crippen LogP contribution in [0.1, 0.15) is 11.1 Å². The average Bonchev–Trinajstić information content (AvgIpc) is 2.62. The van der Waals surface area contributed by atoms with E-state index in [4.69, 9.17) is 9.47 Å². The lowest BCUT2D eigenvalue weighted by Crippen LogP contribution is -2.17. The molecule has 25 heavy (non-hydrogen) atoms. The molecular formula is C22H20O3. The van der Waals surface area contributed by atoms with E-state index in [1.807, 2.05) is 43.3 Å². The highest BCUT2D eigenvalue weighted by Crippen LogP contribution is 2.23. The summed E-state index contributed by atoms with van der Waals surface area (Å²) >= 11 is 0. The van der Waals surface area contributed by atoms with Gasteiger partial charge in [0.2, 0.25) is 0 Å². The third-order valence-electron chi connectivity index (χ3n) is 3.82. The number of carbonyl (C=O) groups is 1. The van der Waals surface area contributed by atoms with Crippen molar-refractivity contribution in [3.05, 3.63) is 83.9 Å². The molecule has 0 aromatic heterocycles. The summed E-state index contributed by atoms with van der Waals surface area (Å²) in [5, 5.41) is 0. The predicted octanol–water partition coefficient (Wildman–Crippen LogP) is 4.95. The van der Waals surface area contributed by atoms with Gasteiger partial charge >= 0.3 is 5.97 Å². The van der Waals surface area contributed by atoms with Crippen LogP contribution in [0.5, 0.6) is 11.5 Å². The van der Waals surface area contributed by atoms with Crippen molar-refractivity contribution in [1.29, 1.82) is 0 Å². The first-order valence-corrected chi connectivity index (χ1v) is 8.17. The minimum Gasteiger partial charge on any atom is -0.482 e. The van der Waals surface area contributed by atoms with E-state index < -0.39 is 5.97 Å². The van der Waals surface area contributed by atoms with Crippen molar-refractivity contribution in [3.63, 3.8) is 0 Å². The molecule has 3 rings (SSSR count). The average molecular weight is 332 g/mol. The first-order valence-electron chi connectivity index (χ1n) is 8.17. The summed E-state index contributed by atoms with van der Waals surface area (Å²) in [4.78, 5) is 11.9. The predicted molar refractivity (Wildman–Crippen MR) is 98.9 cm³/mol. The monoisotopic (exact) mass is 332 g/mol. The number of hydrogen-bond donors (Lipinski definition) is 0. The molecule has 126 valence electrons. The van der Waals surface area contributed by atoms with E-state index in [1.54, 1.807) is 12.1 Å². The van der Waals surface area contributed by atoms with Gasteiger partial charge in [-0.2, -0.15) is 0 Å². The number of hydrogen-bond acceptors (Lipinski definition) is 3. The molecule has 0 N–H and O–H groups in total. The van der Waals surface area contributed by atoms with Crippen LogP contribution < -0.4 is 9.47 Å². The number of carbonyl (C=O) groups excluding carboxylic acids is 1. The molecule has 0 saturated carbocycles. The van der Waals surface area contributed by atoms with Crippen LogP contribution in [0.4, 0.5) is 0 Å². The molecule has 0 radical (unpaired) electrons. The Labute approximate surface area is 147 Å². The van der Waals surface area contributed by atoms with E-state index in [-0.39, 0.29) is 6.61 Å². The van der Waals surface area contributed by atoms with Gasteiger partial charge in [0.15, 0.2) is 6.61 Å². The molecule has 3 aromatic carbocycles. The summed E-state index contributed by atoms with van der Waals surface area (Å²) in [6.45, 7) is 3.91. The molecule has 0 heterocycles. The Morgan fingerprint density at radius 3 is 2.04 bits per heavy atom. The van der Waals surface area contributed by atoms with E-state index in [2.05, 4.69) is 31.2 Å². The molecule has 0 aliphatic rings. The van der Waals surface area contributed by atoms with Gasteiger partial charge < -0.3 is 9.47 Å². The molecule has 0 aliphatic heterocycles. The molecule has 0 bridgehead atoms. The van der Waals surface area contributed by atoms with Gasteiger partial charge in [-0.05, 0) is 54.8 Å². The minimum atomic E-state index is -0.426. The van der Waals surface area contributed by atoms with Crippen molar-refractivity contribution in [2.75, 3.05) is 6.61 Å². The zero-order valence-corrected chi connectivity index (χ0v) is 14.4. The van der Waals surface area contributed by atoms with Gasteiger partial charge in [0.25, 0.3) is 0 Å². The highest BCUT2D eigenvalue weighted by Gasteiger charge is 2.07. The fraction of sp³-hybridized carbons (Fsp3) is 0.136. The van der Waals surface area contributed by atoms with Gasteiger partial charge in [-0.25, -0.2) is 4.79 Å². The fourth-order valence-electron chi connectivity index (χ4n) is 2.47. The highest BCUT2D eigenvalue weighted by atomic mass is 16.6. The Balaban J connectivity index is 1.57. The Hall–Kier alpha value is -3.07. The maximum atomic E-state index is 11.9. The van der Waals surface area contributed by atoms with Gasteiger partial charge in [0.1, 0.15) is 11.5 Å². The van der Waals surface area contributed by atoms with Crippen molar-refractivity contribution in [2.24, 2.45) is 0 Å². The fourth-order valence-corrected chi connectivity index (χ4v) is 2.47. The van der Waals surface area contributed by atoms with Crippen LogP contribution in [0, 0.1) is 13.8 Å². The summed E-state index contributed by atoms with van der Waals surface area (Å²) in [5.41, 5.74) is 4.52. The molecule has 0 amide bonds. The first kappa shape index (κ1) is 16.8. The van der Waals surface area contributed by atoms with Gasteiger partial charge in [-0.3, -0.25) is 0 Å². The van der Waals surface area contributed by atoms with Crippen molar-refractivity contribution < 1.29 is 14.3 Å². The maximum absolute atomic E-state index is 11.9. The zero-order valence-electron chi connectivity index (χ0n) is 14.4. The SMILES string of the molecule is Cc1ccc(-c2ccc(OC(=O)COc3cccc(C)c3)cc2)cc1. The third-order valence-corrected chi connectivity index (χ3v) is 3.82. The summed E-state index contributed by atoms with van der Waals surface area (Å²) in [7, 11) is 0. The van der Waals surface area contributed by atoms with Crippen molar-refractivity contribution in [3.8, 4) is 22.6 Å².